The van der Waals surface area contributed by atoms with Gasteiger partial charge in [0.25, 0.3) is 0 Å². The van der Waals surface area contributed by atoms with Crippen LogP contribution in [0.5, 0.6) is 0 Å². The van der Waals surface area contributed by atoms with Crippen LogP contribution in [0, 0.1) is 0 Å². The number of anilines is 1. The first-order valence-electron chi connectivity index (χ1n) is 5.85. The van der Waals surface area contributed by atoms with Crippen molar-refractivity contribution < 1.29 is 0 Å². The molecule has 2 aromatic heterocycles. The Morgan fingerprint density at radius 2 is 1.95 bits per heavy atom. The number of halogens is 2. The molecular weight excluding hydrogens is 326 g/mol. The van der Waals surface area contributed by atoms with Gasteiger partial charge in [-0.3, -0.25) is 0 Å². The third-order valence-electron chi connectivity index (χ3n) is 2.89. The zero-order valence-corrected chi connectivity index (χ0v) is 12.3. The molecule has 0 aliphatic carbocycles. The lowest BCUT2D eigenvalue weighted by Gasteiger charge is -2.07. The van der Waals surface area contributed by atoms with Crippen molar-refractivity contribution in [3.05, 3.63) is 64.1 Å². The molecule has 3 nitrogen and oxygen atoms in total. The first-order valence-corrected chi connectivity index (χ1v) is 7.02. The highest BCUT2D eigenvalue weighted by Crippen LogP contribution is 2.22. The van der Waals surface area contributed by atoms with E-state index in [1.165, 1.54) is 0 Å². The molecule has 2 heterocycles. The molecule has 0 atom stereocenters. The Morgan fingerprint density at radius 1 is 1.16 bits per heavy atom. The van der Waals surface area contributed by atoms with E-state index in [2.05, 4.69) is 26.2 Å². The minimum absolute atomic E-state index is 0.612. The Morgan fingerprint density at radius 3 is 2.79 bits per heavy atom. The van der Waals surface area contributed by atoms with Crippen LogP contribution in [0.25, 0.3) is 5.52 Å². The lowest BCUT2D eigenvalue weighted by molar-refractivity contribution is 0.940. The lowest BCUT2D eigenvalue weighted by atomic mass is 10.3. The number of pyridine rings is 1. The van der Waals surface area contributed by atoms with Crippen LogP contribution in [0.4, 0.5) is 5.69 Å². The van der Waals surface area contributed by atoms with E-state index in [0.29, 0.717) is 11.6 Å². The molecule has 0 fully saturated rings. The summed E-state index contributed by atoms with van der Waals surface area (Å²) in [6.45, 7) is 0.612. The molecule has 0 aliphatic heterocycles. The molecule has 0 radical (unpaired) electrons. The zero-order valence-electron chi connectivity index (χ0n) is 9.98. The maximum absolute atomic E-state index is 6.11. The number of nitrogens with one attached hydrogen (secondary N) is 1. The summed E-state index contributed by atoms with van der Waals surface area (Å²) < 4.78 is 2.90. The molecule has 0 spiro atoms. The molecule has 5 heteroatoms. The Kier molecular flexibility index (Phi) is 3.44. The number of hydrogen-bond donors (Lipinski definition) is 1. The van der Waals surface area contributed by atoms with E-state index in [4.69, 9.17) is 11.6 Å². The normalized spacial score (nSPS) is 10.8. The van der Waals surface area contributed by atoms with Crippen LogP contribution in [0.15, 0.2) is 53.3 Å². The first kappa shape index (κ1) is 12.5. The highest BCUT2D eigenvalue weighted by molar-refractivity contribution is 9.10. The van der Waals surface area contributed by atoms with Crippen molar-refractivity contribution in [2.45, 2.75) is 6.54 Å². The molecule has 3 rings (SSSR count). The predicted molar refractivity (Wildman–Crippen MR) is 81.7 cm³/mol. The highest BCUT2D eigenvalue weighted by Gasteiger charge is 2.08. The number of para-hydroxylation sites is 1. The van der Waals surface area contributed by atoms with Gasteiger partial charge in [0.1, 0.15) is 10.4 Å². The molecule has 1 aromatic carbocycles. The van der Waals surface area contributed by atoms with Gasteiger partial charge in [-0.1, -0.05) is 29.8 Å². The van der Waals surface area contributed by atoms with Crippen molar-refractivity contribution in [3.8, 4) is 0 Å². The first-order chi connectivity index (χ1) is 9.25. The van der Waals surface area contributed by atoms with Crippen LogP contribution in [-0.4, -0.2) is 9.38 Å². The number of benzene rings is 1. The molecule has 1 N–H and O–H groups in total. The average molecular weight is 337 g/mol. The number of imidazole rings is 1. The summed E-state index contributed by atoms with van der Waals surface area (Å²) in [5, 5.41) is 4.01. The van der Waals surface area contributed by atoms with Crippen molar-refractivity contribution in [3.63, 3.8) is 0 Å². The summed E-state index contributed by atoms with van der Waals surface area (Å²) in [5.41, 5.74) is 1.96. The fourth-order valence-corrected chi connectivity index (χ4v) is 2.69. The van der Waals surface area contributed by atoms with Crippen LogP contribution in [0.1, 0.15) is 5.82 Å². The van der Waals surface area contributed by atoms with Gasteiger partial charge in [-0.25, -0.2) is 4.98 Å². The van der Waals surface area contributed by atoms with Gasteiger partial charge in [-0.15, -0.1) is 0 Å². The quantitative estimate of drug-likeness (QED) is 0.770. The molecule has 96 valence electrons. The van der Waals surface area contributed by atoms with Gasteiger partial charge in [0.05, 0.1) is 22.8 Å². The minimum Gasteiger partial charge on any atom is -0.377 e. The number of fused-ring (bicyclic) bond motifs is 1. The lowest BCUT2D eigenvalue weighted by Crippen LogP contribution is -2.04. The Hall–Kier alpha value is -1.52. The summed E-state index contributed by atoms with van der Waals surface area (Å²) >= 11 is 9.59. The molecule has 0 amide bonds. The smallest absolute Gasteiger partial charge is 0.134 e. The maximum atomic E-state index is 6.11. The third kappa shape index (κ3) is 2.46. The Labute approximate surface area is 124 Å². The molecule has 0 unspecified atom stereocenters. The van der Waals surface area contributed by atoms with E-state index in [9.17, 15) is 0 Å². The third-order valence-corrected chi connectivity index (χ3v) is 3.80. The molecular formula is C14H11BrClN3. The second kappa shape index (κ2) is 5.23. The molecule has 0 saturated heterocycles. The van der Waals surface area contributed by atoms with Crippen LogP contribution in [0.3, 0.4) is 0 Å². The van der Waals surface area contributed by atoms with Crippen molar-refractivity contribution in [1.29, 1.82) is 0 Å². The summed E-state index contributed by atoms with van der Waals surface area (Å²) in [4.78, 5) is 4.51. The van der Waals surface area contributed by atoms with Crippen molar-refractivity contribution in [2.24, 2.45) is 0 Å². The summed E-state index contributed by atoms with van der Waals surface area (Å²) in [7, 11) is 0. The topological polar surface area (TPSA) is 29.3 Å². The van der Waals surface area contributed by atoms with E-state index in [-0.39, 0.29) is 0 Å². The molecule has 0 saturated carbocycles. The van der Waals surface area contributed by atoms with Gasteiger partial charge in [-0.05, 0) is 40.2 Å². The second-order valence-corrected chi connectivity index (χ2v) is 5.27. The van der Waals surface area contributed by atoms with E-state index in [1.807, 2.05) is 53.1 Å². The van der Waals surface area contributed by atoms with Crippen molar-refractivity contribution >= 4 is 38.7 Å². The van der Waals surface area contributed by atoms with Gasteiger partial charge in [0, 0.05) is 6.20 Å². The highest BCUT2D eigenvalue weighted by atomic mass is 79.9. The summed E-state index contributed by atoms with van der Waals surface area (Å²) in [6, 6.07) is 13.7. The molecule has 3 aromatic rings. The number of hydrogen-bond acceptors (Lipinski definition) is 2. The molecule has 0 bridgehead atoms. The number of nitrogens with zero attached hydrogens (tertiary/aromatic N) is 2. The predicted octanol–water partition coefficient (Wildman–Crippen LogP) is 4.36. The number of aromatic nitrogens is 2. The fraction of sp³-hybridized carbons (Fsp3) is 0.0714. The molecule has 0 aliphatic rings. The minimum atomic E-state index is 0.612. The second-order valence-electron chi connectivity index (χ2n) is 4.11. The Bertz CT molecular complexity index is 724. The van der Waals surface area contributed by atoms with E-state index in [1.54, 1.807) is 0 Å². The van der Waals surface area contributed by atoms with Crippen LogP contribution < -0.4 is 5.32 Å². The Balaban J connectivity index is 1.88. The average Bonchev–Trinajstić information content (AvgIpc) is 2.75. The van der Waals surface area contributed by atoms with Gasteiger partial charge in [0.2, 0.25) is 0 Å². The molecule has 19 heavy (non-hydrogen) atoms. The van der Waals surface area contributed by atoms with E-state index < -0.39 is 0 Å². The van der Waals surface area contributed by atoms with E-state index >= 15 is 0 Å². The monoisotopic (exact) mass is 335 g/mol. The SMILES string of the molecule is Clc1ccccc1NCc1nc(Br)c2ccccn12. The van der Waals surface area contributed by atoms with Crippen molar-refractivity contribution in [1.82, 2.24) is 9.38 Å². The fourth-order valence-electron chi connectivity index (χ4n) is 1.96. The summed E-state index contributed by atoms with van der Waals surface area (Å²) in [6.07, 6.45) is 2.00. The largest absolute Gasteiger partial charge is 0.377 e. The van der Waals surface area contributed by atoms with Crippen molar-refractivity contribution in [2.75, 3.05) is 5.32 Å². The van der Waals surface area contributed by atoms with Gasteiger partial charge >= 0.3 is 0 Å². The number of rotatable bonds is 3. The van der Waals surface area contributed by atoms with Gasteiger partial charge in [0.15, 0.2) is 0 Å². The zero-order chi connectivity index (χ0) is 13.2. The van der Waals surface area contributed by atoms with Crippen LogP contribution in [0.2, 0.25) is 5.02 Å². The van der Waals surface area contributed by atoms with Gasteiger partial charge in [-0.2, -0.15) is 0 Å². The van der Waals surface area contributed by atoms with Crippen LogP contribution in [-0.2, 0) is 6.54 Å². The summed E-state index contributed by atoms with van der Waals surface area (Å²) in [5.74, 6) is 0.933. The van der Waals surface area contributed by atoms with Crippen LogP contribution >= 0.6 is 27.5 Å². The standard InChI is InChI=1S/C14H11BrClN3/c15-14-12-7-3-4-8-19(12)13(18-14)9-17-11-6-2-1-5-10(11)16/h1-8,17H,9H2. The maximum Gasteiger partial charge on any atom is 0.134 e. The van der Waals surface area contributed by atoms with E-state index in [0.717, 1.165) is 21.6 Å². The van der Waals surface area contributed by atoms with Gasteiger partial charge < -0.3 is 9.72 Å².